The number of benzene rings is 1. The van der Waals surface area contributed by atoms with Gasteiger partial charge in [-0.1, -0.05) is 12.1 Å². The van der Waals surface area contributed by atoms with E-state index in [-0.39, 0.29) is 0 Å². The summed E-state index contributed by atoms with van der Waals surface area (Å²) in [5.74, 6) is 1.01. The highest BCUT2D eigenvalue weighted by atomic mass is 16.5. The summed E-state index contributed by atoms with van der Waals surface area (Å²) in [6.45, 7) is 1.03. The van der Waals surface area contributed by atoms with Crippen molar-refractivity contribution < 1.29 is 4.74 Å². The van der Waals surface area contributed by atoms with Crippen LogP contribution >= 0.6 is 0 Å². The maximum atomic E-state index is 5.67. The van der Waals surface area contributed by atoms with Crippen LogP contribution in [0.15, 0.2) is 24.3 Å². The quantitative estimate of drug-likeness (QED) is 0.768. The monoisotopic (exact) mass is 191 g/mol. The maximum Gasteiger partial charge on any atom is 0.119 e. The van der Waals surface area contributed by atoms with Crippen molar-refractivity contribution in [1.82, 2.24) is 5.32 Å². The Morgan fingerprint density at radius 1 is 1.29 bits per heavy atom. The van der Waals surface area contributed by atoms with Crippen molar-refractivity contribution in [3.05, 3.63) is 29.8 Å². The van der Waals surface area contributed by atoms with Crippen LogP contribution in [0, 0.1) is 0 Å². The van der Waals surface area contributed by atoms with Gasteiger partial charge < -0.3 is 10.1 Å². The minimum atomic E-state index is 0.498. The molecule has 1 aliphatic rings. The molecule has 1 fully saturated rings. The van der Waals surface area contributed by atoms with Gasteiger partial charge in [-0.3, -0.25) is 0 Å². The molecule has 1 aromatic carbocycles. The number of rotatable bonds is 5. The first-order valence-corrected chi connectivity index (χ1v) is 5.28. The van der Waals surface area contributed by atoms with E-state index in [4.69, 9.17) is 4.74 Å². The second-order valence-corrected chi connectivity index (χ2v) is 3.81. The molecule has 0 amide bonds. The number of ether oxygens (including phenoxy) is 1. The molecular weight excluding hydrogens is 174 g/mol. The van der Waals surface area contributed by atoms with Crippen LogP contribution in [-0.2, 0) is 6.42 Å². The summed E-state index contributed by atoms with van der Waals surface area (Å²) in [6, 6.07) is 8.44. The first-order valence-electron chi connectivity index (χ1n) is 5.28. The fourth-order valence-electron chi connectivity index (χ4n) is 1.38. The third kappa shape index (κ3) is 2.74. The van der Waals surface area contributed by atoms with E-state index < -0.39 is 0 Å². The average Bonchev–Trinajstić information content (AvgIpc) is 3.01. The van der Waals surface area contributed by atoms with Crippen LogP contribution < -0.4 is 10.1 Å². The zero-order valence-corrected chi connectivity index (χ0v) is 8.62. The van der Waals surface area contributed by atoms with Gasteiger partial charge in [-0.15, -0.1) is 0 Å². The number of nitrogens with one attached hydrogen (secondary N) is 1. The zero-order chi connectivity index (χ0) is 9.80. The molecule has 2 heteroatoms. The van der Waals surface area contributed by atoms with Gasteiger partial charge in [0, 0.05) is 0 Å². The van der Waals surface area contributed by atoms with Crippen molar-refractivity contribution in [2.75, 3.05) is 13.6 Å². The normalized spacial score (nSPS) is 15.5. The molecule has 0 aliphatic heterocycles. The maximum absolute atomic E-state index is 5.67. The summed E-state index contributed by atoms with van der Waals surface area (Å²) in [6.07, 6.45) is 4.03. The van der Waals surface area contributed by atoms with Crippen molar-refractivity contribution in [2.45, 2.75) is 25.4 Å². The number of likely N-dealkylation sites (N-methyl/N-ethyl adjacent to an activating group) is 1. The van der Waals surface area contributed by atoms with E-state index in [1.54, 1.807) is 0 Å². The molecule has 14 heavy (non-hydrogen) atoms. The zero-order valence-electron chi connectivity index (χ0n) is 8.62. The lowest BCUT2D eigenvalue weighted by Crippen LogP contribution is -2.10. The summed E-state index contributed by atoms with van der Waals surface area (Å²) >= 11 is 0. The second-order valence-electron chi connectivity index (χ2n) is 3.81. The SMILES string of the molecule is CNCCc1ccc(OC2CC2)cc1. The molecule has 76 valence electrons. The lowest BCUT2D eigenvalue weighted by atomic mass is 10.1. The Hall–Kier alpha value is -1.02. The topological polar surface area (TPSA) is 21.3 Å². The van der Waals surface area contributed by atoms with E-state index in [2.05, 4.69) is 29.6 Å². The van der Waals surface area contributed by atoms with E-state index >= 15 is 0 Å². The molecule has 0 unspecified atom stereocenters. The minimum Gasteiger partial charge on any atom is -0.490 e. The minimum absolute atomic E-state index is 0.498. The molecule has 0 aromatic heterocycles. The standard InChI is InChI=1S/C12H17NO/c1-13-9-8-10-2-4-11(5-3-10)14-12-6-7-12/h2-5,12-13H,6-9H2,1H3. The van der Waals surface area contributed by atoms with Gasteiger partial charge in [-0.2, -0.15) is 0 Å². The molecule has 0 spiro atoms. The van der Waals surface area contributed by atoms with Gasteiger partial charge >= 0.3 is 0 Å². The molecule has 2 rings (SSSR count). The van der Waals surface area contributed by atoms with Crippen molar-refractivity contribution in [2.24, 2.45) is 0 Å². The van der Waals surface area contributed by atoms with Gasteiger partial charge in [-0.05, 0) is 50.6 Å². The van der Waals surface area contributed by atoms with Crippen molar-refractivity contribution in [3.63, 3.8) is 0 Å². The molecule has 1 aliphatic carbocycles. The first kappa shape index (κ1) is 9.53. The Balaban J connectivity index is 1.88. The fraction of sp³-hybridized carbons (Fsp3) is 0.500. The summed E-state index contributed by atoms with van der Waals surface area (Å²) in [4.78, 5) is 0. The molecule has 0 heterocycles. The van der Waals surface area contributed by atoms with Crippen LogP contribution in [0.2, 0.25) is 0 Å². The van der Waals surface area contributed by atoms with E-state index in [0.29, 0.717) is 6.10 Å². The summed E-state index contributed by atoms with van der Waals surface area (Å²) in [7, 11) is 1.98. The molecule has 0 atom stereocenters. The lowest BCUT2D eigenvalue weighted by Gasteiger charge is -2.05. The first-order chi connectivity index (χ1) is 6.88. The van der Waals surface area contributed by atoms with Gasteiger partial charge in [0.2, 0.25) is 0 Å². The van der Waals surface area contributed by atoms with Crippen molar-refractivity contribution in [1.29, 1.82) is 0 Å². The Morgan fingerprint density at radius 2 is 2.00 bits per heavy atom. The Bertz CT molecular complexity index is 277. The van der Waals surface area contributed by atoms with Crippen LogP contribution in [0.25, 0.3) is 0 Å². The van der Waals surface area contributed by atoms with Gasteiger partial charge in [0.05, 0.1) is 6.10 Å². The summed E-state index contributed by atoms with van der Waals surface area (Å²) in [5.41, 5.74) is 1.36. The van der Waals surface area contributed by atoms with E-state index in [9.17, 15) is 0 Å². The van der Waals surface area contributed by atoms with Crippen LogP contribution in [0.1, 0.15) is 18.4 Å². The van der Waals surface area contributed by atoms with Crippen LogP contribution in [0.3, 0.4) is 0 Å². The highest BCUT2D eigenvalue weighted by Crippen LogP contribution is 2.26. The van der Waals surface area contributed by atoms with Crippen LogP contribution in [0.5, 0.6) is 5.75 Å². The molecule has 1 aromatic rings. The highest BCUT2D eigenvalue weighted by Gasteiger charge is 2.23. The Kier molecular flexibility index (Phi) is 3.04. The van der Waals surface area contributed by atoms with Gasteiger partial charge in [0.15, 0.2) is 0 Å². The van der Waals surface area contributed by atoms with E-state index in [1.165, 1.54) is 18.4 Å². The second kappa shape index (κ2) is 4.47. The molecule has 1 N–H and O–H groups in total. The van der Waals surface area contributed by atoms with E-state index in [0.717, 1.165) is 18.7 Å². The predicted octanol–water partition coefficient (Wildman–Crippen LogP) is 1.99. The third-order valence-corrected chi connectivity index (χ3v) is 2.41. The smallest absolute Gasteiger partial charge is 0.119 e. The molecule has 2 nitrogen and oxygen atoms in total. The van der Waals surface area contributed by atoms with Gasteiger partial charge in [-0.25, -0.2) is 0 Å². The van der Waals surface area contributed by atoms with E-state index in [1.807, 2.05) is 7.05 Å². The molecule has 1 saturated carbocycles. The molecule has 0 radical (unpaired) electrons. The van der Waals surface area contributed by atoms with Gasteiger partial charge in [0.25, 0.3) is 0 Å². The summed E-state index contributed by atoms with van der Waals surface area (Å²) in [5, 5.41) is 3.14. The number of hydrogen-bond donors (Lipinski definition) is 1. The fourth-order valence-corrected chi connectivity index (χ4v) is 1.38. The molecule has 0 bridgehead atoms. The highest BCUT2D eigenvalue weighted by molar-refractivity contribution is 5.27. The largest absolute Gasteiger partial charge is 0.490 e. The van der Waals surface area contributed by atoms with Crippen LogP contribution in [0.4, 0.5) is 0 Å². The number of hydrogen-bond acceptors (Lipinski definition) is 2. The Morgan fingerprint density at radius 3 is 2.57 bits per heavy atom. The molecular formula is C12H17NO. The van der Waals surface area contributed by atoms with Crippen molar-refractivity contribution in [3.8, 4) is 5.75 Å². The lowest BCUT2D eigenvalue weighted by molar-refractivity contribution is 0.303. The molecule has 0 saturated heterocycles. The van der Waals surface area contributed by atoms with Crippen molar-refractivity contribution >= 4 is 0 Å². The predicted molar refractivity (Wildman–Crippen MR) is 57.7 cm³/mol. The summed E-state index contributed by atoms with van der Waals surface area (Å²) < 4.78 is 5.67. The van der Waals surface area contributed by atoms with Gasteiger partial charge in [0.1, 0.15) is 5.75 Å². The Labute approximate surface area is 85.3 Å². The average molecular weight is 191 g/mol. The van der Waals surface area contributed by atoms with Crippen LogP contribution in [-0.4, -0.2) is 19.7 Å². The third-order valence-electron chi connectivity index (χ3n) is 2.41.